The maximum atomic E-state index is 10.4. The van der Waals surface area contributed by atoms with E-state index in [0.29, 0.717) is 11.3 Å². The van der Waals surface area contributed by atoms with Gasteiger partial charge < -0.3 is 10.8 Å². The summed E-state index contributed by atoms with van der Waals surface area (Å²) in [5, 5.41) is 8.52. The predicted molar refractivity (Wildman–Crippen MR) is 52.1 cm³/mol. The van der Waals surface area contributed by atoms with Gasteiger partial charge in [-0.1, -0.05) is 18.2 Å². The Balaban J connectivity index is 3.08. The van der Waals surface area contributed by atoms with Crippen molar-refractivity contribution in [2.24, 2.45) is 0 Å². The lowest BCUT2D eigenvalue weighted by Crippen LogP contribution is -1.94. The van der Waals surface area contributed by atoms with Crippen LogP contribution in [0.1, 0.15) is 12.5 Å². The molecule has 0 aliphatic heterocycles. The number of benzene rings is 1. The average molecular weight is 177 g/mol. The van der Waals surface area contributed by atoms with Gasteiger partial charge in [0.25, 0.3) is 0 Å². The molecule has 0 bridgehead atoms. The van der Waals surface area contributed by atoms with E-state index in [2.05, 4.69) is 0 Å². The number of allylic oxidation sites excluding steroid dienone is 1. The van der Waals surface area contributed by atoms with E-state index in [-0.39, 0.29) is 0 Å². The Morgan fingerprint density at radius 1 is 1.46 bits per heavy atom. The first-order chi connectivity index (χ1) is 6.11. The molecule has 0 amide bonds. The van der Waals surface area contributed by atoms with Crippen LogP contribution < -0.4 is 5.73 Å². The molecule has 13 heavy (non-hydrogen) atoms. The van der Waals surface area contributed by atoms with Gasteiger partial charge in [-0.25, -0.2) is 4.79 Å². The number of aliphatic carboxylic acids is 1. The van der Waals surface area contributed by atoms with E-state index in [0.717, 1.165) is 11.6 Å². The first-order valence-corrected chi connectivity index (χ1v) is 3.87. The SMILES string of the molecule is C/C(=C\C(=O)O)c1ccccc1N. The Hall–Kier alpha value is -1.77. The highest BCUT2D eigenvalue weighted by Crippen LogP contribution is 2.19. The molecule has 0 aromatic heterocycles. The van der Waals surface area contributed by atoms with E-state index >= 15 is 0 Å². The summed E-state index contributed by atoms with van der Waals surface area (Å²) in [6.07, 6.45) is 1.14. The number of nitrogens with two attached hydrogens (primary N) is 1. The molecule has 0 heterocycles. The molecule has 1 aromatic carbocycles. The van der Waals surface area contributed by atoms with Crippen LogP contribution in [-0.2, 0) is 4.79 Å². The fourth-order valence-corrected chi connectivity index (χ4v) is 1.12. The minimum atomic E-state index is -0.958. The van der Waals surface area contributed by atoms with E-state index in [4.69, 9.17) is 10.8 Å². The smallest absolute Gasteiger partial charge is 0.328 e. The zero-order chi connectivity index (χ0) is 9.84. The molecule has 0 atom stereocenters. The Labute approximate surface area is 76.5 Å². The van der Waals surface area contributed by atoms with Crippen molar-refractivity contribution in [2.45, 2.75) is 6.92 Å². The Morgan fingerprint density at radius 3 is 2.62 bits per heavy atom. The number of nitrogen functional groups attached to an aromatic ring is 1. The van der Waals surface area contributed by atoms with E-state index in [1.54, 1.807) is 19.1 Å². The van der Waals surface area contributed by atoms with Crippen LogP contribution in [0.2, 0.25) is 0 Å². The van der Waals surface area contributed by atoms with Gasteiger partial charge in [0.05, 0.1) is 0 Å². The topological polar surface area (TPSA) is 63.3 Å². The first kappa shape index (κ1) is 9.32. The second-order valence-electron chi connectivity index (χ2n) is 2.75. The van der Waals surface area contributed by atoms with Crippen molar-refractivity contribution in [3.05, 3.63) is 35.9 Å². The molecule has 0 aliphatic rings. The lowest BCUT2D eigenvalue weighted by Gasteiger charge is -2.03. The number of carboxylic acids is 1. The number of hydrogen-bond donors (Lipinski definition) is 2. The molecule has 68 valence electrons. The molecule has 3 heteroatoms. The highest BCUT2D eigenvalue weighted by Gasteiger charge is 2.01. The van der Waals surface area contributed by atoms with Crippen LogP contribution in [0.25, 0.3) is 5.57 Å². The number of anilines is 1. The molecule has 1 aromatic rings. The summed E-state index contributed by atoms with van der Waals surface area (Å²) in [6.45, 7) is 1.72. The van der Waals surface area contributed by atoms with Crippen LogP contribution in [0.3, 0.4) is 0 Å². The normalized spacial score (nSPS) is 11.3. The van der Waals surface area contributed by atoms with Gasteiger partial charge >= 0.3 is 5.97 Å². The highest BCUT2D eigenvalue weighted by atomic mass is 16.4. The molecular weight excluding hydrogens is 166 g/mol. The van der Waals surface area contributed by atoms with Crippen molar-refractivity contribution in [3.63, 3.8) is 0 Å². The van der Waals surface area contributed by atoms with Crippen molar-refractivity contribution in [1.82, 2.24) is 0 Å². The van der Waals surface area contributed by atoms with Crippen LogP contribution in [0.15, 0.2) is 30.3 Å². The second-order valence-corrected chi connectivity index (χ2v) is 2.75. The zero-order valence-electron chi connectivity index (χ0n) is 7.32. The fraction of sp³-hybridized carbons (Fsp3) is 0.100. The van der Waals surface area contributed by atoms with Crippen LogP contribution in [0, 0.1) is 0 Å². The molecule has 3 N–H and O–H groups in total. The maximum absolute atomic E-state index is 10.4. The summed E-state index contributed by atoms with van der Waals surface area (Å²) in [6, 6.07) is 7.18. The van der Waals surface area contributed by atoms with Crippen LogP contribution >= 0.6 is 0 Å². The summed E-state index contributed by atoms with van der Waals surface area (Å²) in [5.41, 5.74) is 7.68. The third kappa shape index (κ3) is 2.33. The molecule has 0 fully saturated rings. The molecule has 0 unspecified atom stereocenters. The summed E-state index contributed by atoms with van der Waals surface area (Å²) in [4.78, 5) is 10.4. The minimum Gasteiger partial charge on any atom is -0.478 e. The van der Waals surface area contributed by atoms with E-state index in [9.17, 15) is 4.79 Å². The number of carbonyl (C=O) groups is 1. The molecule has 0 radical (unpaired) electrons. The Kier molecular flexibility index (Phi) is 2.69. The third-order valence-corrected chi connectivity index (χ3v) is 1.73. The predicted octanol–water partition coefficient (Wildman–Crippen LogP) is 1.76. The summed E-state index contributed by atoms with van der Waals surface area (Å²) in [7, 11) is 0. The lowest BCUT2D eigenvalue weighted by molar-refractivity contribution is -0.131. The summed E-state index contributed by atoms with van der Waals surface area (Å²) < 4.78 is 0. The maximum Gasteiger partial charge on any atom is 0.328 e. The van der Waals surface area contributed by atoms with Crippen molar-refractivity contribution >= 4 is 17.2 Å². The summed E-state index contributed by atoms with van der Waals surface area (Å²) >= 11 is 0. The molecule has 1 rings (SSSR count). The standard InChI is InChI=1S/C10H11NO2/c1-7(6-10(12)13)8-4-2-3-5-9(8)11/h2-6H,11H2,1H3,(H,12,13)/b7-6+. The van der Waals surface area contributed by atoms with Gasteiger partial charge in [-0.2, -0.15) is 0 Å². The van der Waals surface area contributed by atoms with E-state index < -0.39 is 5.97 Å². The van der Waals surface area contributed by atoms with Crippen molar-refractivity contribution < 1.29 is 9.90 Å². The van der Waals surface area contributed by atoms with Gasteiger partial charge in [0.2, 0.25) is 0 Å². The summed E-state index contributed by atoms with van der Waals surface area (Å²) in [5.74, 6) is -0.958. The van der Waals surface area contributed by atoms with Gasteiger partial charge in [0, 0.05) is 17.3 Å². The molecular formula is C10H11NO2. The molecule has 0 spiro atoms. The van der Waals surface area contributed by atoms with E-state index in [1.165, 1.54) is 0 Å². The molecule has 0 saturated carbocycles. The van der Waals surface area contributed by atoms with E-state index in [1.807, 2.05) is 12.1 Å². The number of hydrogen-bond acceptors (Lipinski definition) is 2. The van der Waals surface area contributed by atoms with Crippen LogP contribution in [-0.4, -0.2) is 11.1 Å². The molecule has 0 aliphatic carbocycles. The minimum absolute atomic E-state index is 0.595. The largest absolute Gasteiger partial charge is 0.478 e. The average Bonchev–Trinajstić information content (AvgIpc) is 2.03. The van der Waals surface area contributed by atoms with Crippen LogP contribution in [0.5, 0.6) is 0 Å². The van der Waals surface area contributed by atoms with Crippen molar-refractivity contribution in [2.75, 3.05) is 5.73 Å². The molecule has 3 nitrogen and oxygen atoms in total. The van der Waals surface area contributed by atoms with Crippen molar-refractivity contribution in [1.29, 1.82) is 0 Å². The van der Waals surface area contributed by atoms with Crippen LogP contribution in [0.4, 0.5) is 5.69 Å². The third-order valence-electron chi connectivity index (χ3n) is 1.73. The number of rotatable bonds is 2. The Bertz CT molecular complexity index is 356. The van der Waals surface area contributed by atoms with Gasteiger partial charge in [0.15, 0.2) is 0 Å². The van der Waals surface area contributed by atoms with Gasteiger partial charge in [-0.3, -0.25) is 0 Å². The quantitative estimate of drug-likeness (QED) is 0.534. The second kappa shape index (κ2) is 3.76. The van der Waals surface area contributed by atoms with Gasteiger partial charge in [-0.15, -0.1) is 0 Å². The van der Waals surface area contributed by atoms with Crippen molar-refractivity contribution in [3.8, 4) is 0 Å². The van der Waals surface area contributed by atoms with Gasteiger partial charge in [-0.05, 0) is 18.6 Å². The number of carboxylic acid groups (broad SMARTS) is 1. The number of para-hydroxylation sites is 1. The highest BCUT2D eigenvalue weighted by molar-refractivity contribution is 5.91. The lowest BCUT2D eigenvalue weighted by atomic mass is 10.1. The molecule has 0 saturated heterocycles. The first-order valence-electron chi connectivity index (χ1n) is 3.87. The zero-order valence-corrected chi connectivity index (χ0v) is 7.32. The Morgan fingerprint density at radius 2 is 2.08 bits per heavy atom. The fourth-order valence-electron chi connectivity index (χ4n) is 1.12. The van der Waals surface area contributed by atoms with Gasteiger partial charge in [0.1, 0.15) is 0 Å². The monoisotopic (exact) mass is 177 g/mol.